The maximum Gasteiger partial charge on any atom is 0.252 e. The van der Waals surface area contributed by atoms with Crippen LogP contribution in [-0.4, -0.2) is 45.1 Å². The first kappa shape index (κ1) is 14.5. The average Bonchev–Trinajstić information content (AvgIpc) is 3.06. The number of sulfonamides is 1. The molecule has 2 aliphatic rings. The minimum atomic E-state index is -3.37. The minimum absolute atomic E-state index is 0.0311. The van der Waals surface area contributed by atoms with Crippen molar-refractivity contribution in [1.82, 2.24) is 9.62 Å². The van der Waals surface area contributed by atoms with Crippen LogP contribution in [0.1, 0.15) is 24.8 Å². The number of fused-ring (bicyclic) bond motifs is 1. The van der Waals surface area contributed by atoms with Crippen LogP contribution >= 0.6 is 11.3 Å². The lowest BCUT2D eigenvalue weighted by Gasteiger charge is -2.36. The summed E-state index contributed by atoms with van der Waals surface area (Å²) in [6.45, 7) is 1.68. The summed E-state index contributed by atoms with van der Waals surface area (Å²) in [7, 11) is -1.51. The van der Waals surface area contributed by atoms with E-state index in [0.29, 0.717) is 23.9 Å². The second-order valence-electron chi connectivity index (χ2n) is 5.33. The third-order valence-corrected chi connectivity index (χ3v) is 7.39. The van der Waals surface area contributed by atoms with Gasteiger partial charge in [-0.1, -0.05) is 0 Å². The molecule has 7 heteroatoms. The first-order valence-corrected chi connectivity index (χ1v) is 9.30. The second kappa shape index (κ2) is 5.73. The zero-order valence-corrected chi connectivity index (χ0v) is 13.2. The van der Waals surface area contributed by atoms with Gasteiger partial charge in [0.25, 0.3) is 10.0 Å². The van der Waals surface area contributed by atoms with Crippen LogP contribution in [0.25, 0.3) is 0 Å². The Kier molecular flexibility index (Phi) is 4.14. The van der Waals surface area contributed by atoms with E-state index in [2.05, 4.69) is 5.32 Å². The van der Waals surface area contributed by atoms with Crippen LogP contribution in [0.3, 0.4) is 0 Å². The van der Waals surface area contributed by atoms with Crippen LogP contribution in [0.15, 0.2) is 15.7 Å². The molecule has 0 spiro atoms. The fourth-order valence-electron chi connectivity index (χ4n) is 3.09. The molecule has 20 heavy (non-hydrogen) atoms. The van der Waals surface area contributed by atoms with Gasteiger partial charge in [-0.25, -0.2) is 8.42 Å². The molecule has 2 unspecified atom stereocenters. The van der Waals surface area contributed by atoms with Gasteiger partial charge in [-0.3, -0.25) is 0 Å². The topological polar surface area (TPSA) is 58.6 Å². The highest BCUT2D eigenvalue weighted by atomic mass is 32.2. The molecule has 1 aliphatic heterocycles. The Morgan fingerprint density at radius 2 is 2.35 bits per heavy atom. The van der Waals surface area contributed by atoms with Gasteiger partial charge in [0.05, 0.1) is 18.8 Å². The van der Waals surface area contributed by atoms with Crippen molar-refractivity contribution in [2.75, 3.05) is 20.2 Å². The third-order valence-electron chi connectivity index (χ3n) is 4.00. The molecule has 1 aliphatic carbocycles. The molecule has 1 aromatic rings. The van der Waals surface area contributed by atoms with Crippen molar-refractivity contribution in [3.05, 3.63) is 17.0 Å². The first-order chi connectivity index (χ1) is 9.63. The van der Waals surface area contributed by atoms with Gasteiger partial charge >= 0.3 is 0 Å². The molecule has 2 fully saturated rings. The maximum atomic E-state index is 12.8. The highest BCUT2D eigenvalue weighted by Crippen LogP contribution is 2.34. The summed E-state index contributed by atoms with van der Waals surface area (Å²) in [5, 5.41) is 4.96. The summed E-state index contributed by atoms with van der Waals surface area (Å²) in [6.07, 6.45) is 3.04. The summed E-state index contributed by atoms with van der Waals surface area (Å²) >= 11 is 1.31. The van der Waals surface area contributed by atoms with Gasteiger partial charge in [0.15, 0.2) is 0 Å². The van der Waals surface area contributed by atoms with Gasteiger partial charge < -0.3 is 10.1 Å². The summed E-state index contributed by atoms with van der Waals surface area (Å²) < 4.78 is 33.4. The number of ether oxygens (including phenoxy) is 1. The Morgan fingerprint density at radius 1 is 1.50 bits per heavy atom. The highest BCUT2D eigenvalue weighted by molar-refractivity contribution is 7.91. The van der Waals surface area contributed by atoms with E-state index in [4.69, 9.17) is 4.74 Å². The van der Waals surface area contributed by atoms with Crippen molar-refractivity contribution in [3.63, 3.8) is 0 Å². The molecule has 1 saturated carbocycles. The van der Waals surface area contributed by atoms with E-state index in [1.165, 1.54) is 11.3 Å². The Balaban J connectivity index is 1.86. The molecule has 2 heterocycles. The Morgan fingerprint density at radius 3 is 3.15 bits per heavy atom. The number of hydrogen-bond donors (Lipinski definition) is 1. The molecule has 0 bridgehead atoms. The SMILES string of the molecule is CNCc1csc(S(=O)(=O)N2CCOC3CCCC32)c1. The Hall–Kier alpha value is -0.470. The van der Waals surface area contributed by atoms with Gasteiger partial charge in [-0.2, -0.15) is 4.31 Å². The number of nitrogens with zero attached hydrogens (tertiary/aromatic N) is 1. The standard InChI is InChI=1S/C13H20N2O3S2/c1-14-8-10-7-13(19-9-10)20(16,17)15-5-6-18-12-4-2-3-11(12)15/h7,9,11-12,14H,2-6,8H2,1H3. The van der Waals surface area contributed by atoms with Crippen LogP contribution in [0.5, 0.6) is 0 Å². The first-order valence-electron chi connectivity index (χ1n) is 6.98. The van der Waals surface area contributed by atoms with E-state index < -0.39 is 10.0 Å². The maximum absolute atomic E-state index is 12.8. The largest absolute Gasteiger partial charge is 0.375 e. The zero-order chi connectivity index (χ0) is 14.2. The van der Waals surface area contributed by atoms with E-state index in [0.717, 1.165) is 24.8 Å². The summed E-state index contributed by atoms with van der Waals surface area (Å²) in [4.78, 5) is 0. The van der Waals surface area contributed by atoms with Crippen LogP contribution in [-0.2, 0) is 21.3 Å². The predicted molar refractivity (Wildman–Crippen MR) is 78.4 cm³/mol. The number of hydrogen-bond acceptors (Lipinski definition) is 5. The third kappa shape index (κ3) is 2.53. The van der Waals surface area contributed by atoms with E-state index in [-0.39, 0.29) is 12.1 Å². The van der Waals surface area contributed by atoms with Crippen molar-refractivity contribution in [3.8, 4) is 0 Å². The molecule has 1 saturated heterocycles. The lowest BCUT2D eigenvalue weighted by atomic mass is 10.2. The number of thiophene rings is 1. The smallest absolute Gasteiger partial charge is 0.252 e. The van der Waals surface area contributed by atoms with Gasteiger partial charge in [-0.05, 0) is 43.3 Å². The summed E-state index contributed by atoms with van der Waals surface area (Å²) in [6, 6.07) is 1.82. The molecule has 112 valence electrons. The van der Waals surface area contributed by atoms with Crippen LogP contribution in [0.2, 0.25) is 0 Å². The van der Waals surface area contributed by atoms with Crippen molar-refractivity contribution in [2.24, 2.45) is 0 Å². The Bertz CT molecular complexity index is 570. The summed E-state index contributed by atoms with van der Waals surface area (Å²) in [5.74, 6) is 0. The van der Waals surface area contributed by atoms with Gasteiger partial charge in [-0.15, -0.1) is 11.3 Å². The zero-order valence-electron chi connectivity index (χ0n) is 11.5. The monoisotopic (exact) mass is 316 g/mol. The van der Waals surface area contributed by atoms with Crippen molar-refractivity contribution >= 4 is 21.4 Å². The van der Waals surface area contributed by atoms with Crippen molar-refractivity contribution in [2.45, 2.75) is 42.2 Å². The highest BCUT2D eigenvalue weighted by Gasteiger charge is 2.42. The number of rotatable bonds is 4. The number of morpholine rings is 1. The molecule has 1 aromatic heterocycles. The lowest BCUT2D eigenvalue weighted by Crippen LogP contribution is -2.50. The van der Waals surface area contributed by atoms with Crippen molar-refractivity contribution < 1.29 is 13.2 Å². The second-order valence-corrected chi connectivity index (χ2v) is 8.36. The molecule has 1 N–H and O–H groups in total. The normalized spacial score (nSPS) is 27.6. The molecule has 0 aromatic carbocycles. The van der Waals surface area contributed by atoms with E-state index >= 15 is 0 Å². The molecule has 5 nitrogen and oxygen atoms in total. The van der Waals surface area contributed by atoms with Gasteiger partial charge in [0, 0.05) is 13.1 Å². The van der Waals surface area contributed by atoms with E-state index in [1.807, 2.05) is 12.4 Å². The van der Waals surface area contributed by atoms with E-state index in [9.17, 15) is 8.42 Å². The fourth-order valence-corrected chi connectivity index (χ4v) is 6.09. The average molecular weight is 316 g/mol. The molecular weight excluding hydrogens is 296 g/mol. The van der Waals surface area contributed by atoms with Gasteiger partial charge in [0.1, 0.15) is 4.21 Å². The molecular formula is C13H20N2O3S2. The van der Waals surface area contributed by atoms with Gasteiger partial charge in [0.2, 0.25) is 0 Å². The molecule has 3 rings (SSSR count). The van der Waals surface area contributed by atoms with Crippen molar-refractivity contribution in [1.29, 1.82) is 0 Å². The predicted octanol–water partition coefficient (Wildman–Crippen LogP) is 1.41. The summed E-state index contributed by atoms with van der Waals surface area (Å²) in [5.41, 5.74) is 1.02. The van der Waals surface area contributed by atoms with Crippen LogP contribution in [0, 0.1) is 0 Å². The molecule has 2 atom stereocenters. The minimum Gasteiger partial charge on any atom is -0.375 e. The molecule has 0 radical (unpaired) electrons. The lowest BCUT2D eigenvalue weighted by molar-refractivity contribution is -0.0241. The number of nitrogens with one attached hydrogen (secondary N) is 1. The van der Waals surface area contributed by atoms with Crippen LogP contribution < -0.4 is 5.32 Å². The quantitative estimate of drug-likeness (QED) is 0.912. The molecule has 0 amide bonds. The Labute approximate surface area is 124 Å². The van der Waals surface area contributed by atoms with E-state index in [1.54, 1.807) is 10.4 Å². The fraction of sp³-hybridized carbons (Fsp3) is 0.692. The van der Waals surface area contributed by atoms with Crippen LogP contribution in [0.4, 0.5) is 0 Å².